The van der Waals surface area contributed by atoms with Gasteiger partial charge in [0.25, 0.3) is 0 Å². The molecule has 0 aliphatic heterocycles. The zero-order valence-corrected chi connectivity index (χ0v) is 50.6. The minimum Gasteiger partial charge on any atom is -0.508 e. The number of hydrogen-bond acceptors (Lipinski definition) is 18. The Bertz CT molecular complexity index is 2480. The van der Waals surface area contributed by atoms with Crippen molar-refractivity contribution < 1.29 is 72.9 Å². The first-order chi connectivity index (χ1) is 40.9. The Kier molecular flexibility index (Phi) is 35.5. The summed E-state index contributed by atoms with van der Waals surface area (Å²) in [6, 6.07) is -9.02. The van der Waals surface area contributed by atoms with E-state index in [4.69, 9.17) is 40.1 Å². The molecular formula is C55H95N17O15. The first-order valence-corrected chi connectivity index (χ1v) is 29.0. The van der Waals surface area contributed by atoms with Crippen LogP contribution in [0.25, 0.3) is 0 Å². The Morgan fingerprint density at radius 3 is 1.34 bits per heavy atom. The van der Waals surface area contributed by atoms with E-state index in [1.54, 1.807) is 41.5 Å². The lowest BCUT2D eigenvalue weighted by Gasteiger charge is -2.31. The monoisotopic (exact) mass is 1230 g/mol. The third-order valence-corrected chi connectivity index (χ3v) is 13.7. The maximum absolute atomic E-state index is 14.5. The molecule has 0 fully saturated rings. The number of aliphatic imine (C=N–C) groups is 1. The number of amides is 11. The summed E-state index contributed by atoms with van der Waals surface area (Å²) in [6.45, 7) is 9.74. The molecule has 0 saturated heterocycles. The molecule has 0 spiro atoms. The zero-order valence-electron chi connectivity index (χ0n) is 50.6. The summed E-state index contributed by atoms with van der Waals surface area (Å²) in [5.74, 6) is -13.6. The third kappa shape index (κ3) is 29.6. The highest BCUT2D eigenvalue weighted by molar-refractivity contribution is 5.99. The van der Waals surface area contributed by atoms with Crippen molar-refractivity contribution in [2.24, 2.45) is 62.9 Å². The van der Waals surface area contributed by atoms with Crippen LogP contribution in [0.3, 0.4) is 0 Å². The maximum Gasteiger partial charge on any atom is 0.326 e. The first-order valence-electron chi connectivity index (χ1n) is 29.0. The number of rotatable bonds is 43. The van der Waals surface area contributed by atoms with Crippen LogP contribution in [0.2, 0.25) is 0 Å². The second-order valence-corrected chi connectivity index (χ2v) is 22.0. The van der Waals surface area contributed by atoms with Crippen LogP contribution in [0, 0.1) is 17.8 Å². The highest BCUT2D eigenvalue weighted by Gasteiger charge is 2.38. The van der Waals surface area contributed by atoms with Gasteiger partial charge in [-0.3, -0.25) is 57.7 Å². The summed E-state index contributed by atoms with van der Waals surface area (Å²) in [5.41, 5.74) is 39.1. The van der Waals surface area contributed by atoms with Crippen LogP contribution in [0.4, 0.5) is 0 Å². The number of guanidine groups is 1. The van der Waals surface area contributed by atoms with Crippen molar-refractivity contribution >= 4 is 76.9 Å². The van der Waals surface area contributed by atoms with Crippen molar-refractivity contribution in [3.05, 3.63) is 29.8 Å². The molecule has 1 rings (SSSR count). The van der Waals surface area contributed by atoms with Crippen LogP contribution in [0.15, 0.2) is 29.3 Å². The van der Waals surface area contributed by atoms with Crippen LogP contribution in [-0.4, -0.2) is 179 Å². The number of aliphatic hydroxyl groups is 1. The van der Waals surface area contributed by atoms with Gasteiger partial charge < -0.3 is 103 Å². The molecule has 1 aromatic carbocycles. The van der Waals surface area contributed by atoms with Gasteiger partial charge in [0.15, 0.2) is 5.96 Å². The molecule has 490 valence electrons. The summed E-state index contributed by atoms with van der Waals surface area (Å²) in [6.07, 6.45) is -0.193. The van der Waals surface area contributed by atoms with Gasteiger partial charge in [-0.15, -0.1) is 0 Å². The van der Waals surface area contributed by atoms with Gasteiger partial charge in [-0.2, -0.15) is 0 Å². The largest absolute Gasteiger partial charge is 0.508 e. The maximum atomic E-state index is 14.5. The number of aliphatic hydroxyl groups excluding tert-OH is 1. The number of carboxylic acids is 1. The second kappa shape index (κ2) is 40.2. The number of phenols is 1. The molecule has 0 aliphatic rings. The molecule has 0 bridgehead atoms. The lowest BCUT2D eigenvalue weighted by Crippen LogP contribution is -2.62. The van der Waals surface area contributed by atoms with E-state index in [9.17, 15) is 72.9 Å². The predicted molar refractivity (Wildman–Crippen MR) is 319 cm³/mol. The van der Waals surface area contributed by atoms with Crippen molar-refractivity contribution in [2.45, 2.75) is 185 Å². The molecule has 32 heteroatoms. The summed E-state index contributed by atoms with van der Waals surface area (Å²) in [4.78, 5) is 165. The molecule has 87 heavy (non-hydrogen) atoms. The van der Waals surface area contributed by atoms with Gasteiger partial charge in [0.2, 0.25) is 65.0 Å². The second-order valence-electron chi connectivity index (χ2n) is 22.0. The Labute approximate surface area is 506 Å². The number of unbranched alkanes of at least 4 members (excludes halogenated alkanes) is 2. The number of benzene rings is 1. The van der Waals surface area contributed by atoms with E-state index in [1.165, 1.54) is 24.3 Å². The van der Waals surface area contributed by atoms with Crippen molar-refractivity contribution in [3.63, 3.8) is 0 Å². The van der Waals surface area contributed by atoms with Gasteiger partial charge in [0, 0.05) is 13.0 Å². The van der Waals surface area contributed by atoms with E-state index in [1.807, 2.05) is 0 Å². The topological polar surface area (TPSA) is 568 Å². The van der Waals surface area contributed by atoms with Crippen molar-refractivity contribution in [1.29, 1.82) is 0 Å². The molecule has 0 aromatic heterocycles. The Morgan fingerprint density at radius 2 is 0.908 bits per heavy atom. The Morgan fingerprint density at radius 1 is 0.506 bits per heavy atom. The van der Waals surface area contributed by atoms with E-state index < -0.39 is 163 Å². The number of carboxylic acid groups (broad SMARTS) is 1. The number of carbonyl (C=O) groups excluding carboxylic acids is 11. The van der Waals surface area contributed by atoms with Gasteiger partial charge in [-0.25, -0.2) is 4.79 Å². The number of primary amides is 2. The third-order valence-electron chi connectivity index (χ3n) is 13.7. The summed E-state index contributed by atoms with van der Waals surface area (Å²) in [5, 5.41) is 52.0. The fourth-order valence-corrected chi connectivity index (χ4v) is 8.61. The number of nitrogens with zero attached hydrogens (tertiary/aromatic N) is 1. The van der Waals surface area contributed by atoms with E-state index in [-0.39, 0.29) is 82.2 Å². The van der Waals surface area contributed by atoms with Gasteiger partial charge >= 0.3 is 5.97 Å². The zero-order chi connectivity index (χ0) is 66.1. The van der Waals surface area contributed by atoms with Crippen LogP contribution in [0.1, 0.15) is 124 Å². The smallest absolute Gasteiger partial charge is 0.326 e. The van der Waals surface area contributed by atoms with Gasteiger partial charge in [-0.1, -0.05) is 60.1 Å². The van der Waals surface area contributed by atoms with E-state index in [2.05, 4.69) is 52.8 Å². The van der Waals surface area contributed by atoms with Gasteiger partial charge in [-0.05, 0) is 106 Å². The normalized spacial score (nSPS) is 14.9. The Balaban J connectivity index is 3.71. The SMILES string of the molecule is CC[C@H](C)[C@H](NC(=O)[C@@H](NC(=O)[C@H](CC(N)=O)NC(=O)[C@@H](N)CO)C(C)C)C(=O)N[C@@H](CC(C)C)C(=O)N[C@@H](CCCCN)C(=O)N[C@@H](CCCCN)C(=O)N[C@@H](Cc1ccc(O)cc1)C(=O)N[C@@H](CCCN=C(N)N)C(=O)N[C@@H](CC(N)=O)C(=O)O. The molecule has 0 aliphatic carbocycles. The quantitative estimate of drug-likeness (QED) is 0.0165. The fourth-order valence-electron chi connectivity index (χ4n) is 8.61. The number of phenolic OH excluding ortho intramolecular Hbond substituents is 1. The molecule has 26 N–H and O–H groups in total. The number of carbonyl (C=O) groups is 12. The minimum absolute atomic E-state index is 0.0129. The molecule has 1 aromatic rings. The number of nitrogens with one attached hydrogen (secondary N) is 9. The van der Waals surface area contributed by atoms with Crippen LogP contribution < -0.4 is 88.0 Å². The first kappa shape index (κ1) is 76.8. The summed E-state index contributed by atoms with van der Waals surface area (Å²) in [7, 11) is 0. The number of aromatic hydroxyl groups is 1. The molecular weight excluding hydrogens is 1140 g/mol. The molecule has 0 heterocycles. The molecule has 11 amide bonds. The predicted octanol–water partition coefficient (Wildman–Crippen LogP) is -5.49. The number of hydrogen-bond donors (Lipinski definition) is 19. The minimum atomic E-state index is -1.78. The molecule has 0 unspecified atom stereocenters. The van der Waals surface area contributed by atoms with Gasteiger partial charge in [0.05, 0.1) is 19.4 Å². The van der Waals surface area contributed by atoms with Gasteiger partial charge in [0.1, 0.15) is 66.2 Å². The van der Waals surface area contributed by atoms with Crippen molar-refractivity contribution in [1.82, 2.24) is 47.9 Å². The molecule has 0 saturated carbocycles. The van der Waals surface area contributed by atoms with E-state index in [0.717, 1.165) is 0 Å². The van der Waals surface area contributed by atoms with Crippen molar-refractivity contribution in [3.8, 4) is 5.75 Å². The summed E-state index contributed by atoms with van der Waals surface area (Å²) >= 11 is 0. The van der Waals surface area contributed by atoms with Crippen LogP contribution in [-0.2, 0) is 64.0 Å². The van der Waals surface area contributed by atoms with Crippen LogP contribution >= 0.6 is 0 Å². The molecule has 0 radical (unpaired) electrons. The lowest BCUT2D eigenvalue weighted by molar-refractivity contribution is -0.143. The van der Waals surface area contributed by atoms with Crippen molar-refractivity contribution in [2.75, 3.05) is 26.2 Å². The summed E-state index contributed by atoms with van der Waals surface area (Å²) < 4.78 is 0. The number of nitrogens with two attached hydrogens (primary N) is 7. The average molecular weight is 1230 g/mol. The average Bonchev–Trinajstić information content (AvgIpc) is 3.63. The number of aliphatic carboxylic acids is 1. The molecule has 32 nitrogen and oxygen atoms in total. The Hall–Kier alpha value is -8.23. The fraction of sp³-hybridized carbons (Fsp3) is 0.655. The lowest BCUT2D eigenvalue weighted by atomic mass is 9.95. The molecule has 11 atom stereocenters. The van der Waals surface area contributed by atoms with E-state index >= 15 is 0 Å². The highest BCUT2D eigenvalue weighted by atomic mass is 16.4. The standard InChI is InChI=1S/C55H95N17O15/c1-7-30(6)44(72-52(84)43(29(4)5)71-51(83)39(25-41(59)75)67-45(77)33(58)27-73)53(85)69-37(23-28(2)3)49(81)65-34(13-8-10-20-56)46(78)64-35(14-9-11-21-57)47(79)68-38(24-31-16-18-32(74)19-17-31)50(82)66-36(15-12-22-63-55(61)62)48(80)70-40(54(86)87)26-42(60)76/h16-19,28-30,33-40,43-44,73-74H,7-15,20-27,56-58H2,1-6H3,(H2,59,75)(H2,60,76)(H,64,78)(H,65,81)(H,66,82)(H,67,77)(H,68,79)(H,69,85)(H,70,80)(H,71,83)(H,72,84)(H,86,87)(H4,61,62,63)/t30-,33-,34-,35-,36-,37-,38-,39-,40-,43-,44-/m0/s1. The highest BCUT2D eigenvalue weighted by Crippen LogP contribution is 2.16. The van der Waals surface area contributed by atoms with Crippen LogP contribution in [0.5, 0.6) is 5.75 Å². The van der Waals surface area contributed by atoms with E-state index in [0.29, 0.717) is 31.2 Å².